The Morgan fingerprint density at radius 3 is 2.58 bits per heavy atom. The summed E-state index contributed by atoms with van der Waals surface area (Å²) in [5.74, 6) is -1.63. The SMILES string of the molecule is CSCCC(NC(=O)C(Cc1c[nH]c2ccccc12)NC(=O)C(N)Cc1cnc[nH]1)C(=O)O. The first-order valence-corrected chi connectivity index (χ1v) is 11.9. The fourth-order valence-corrected chi connectivity index (χ4v) is 3.97. The third-order valence-electron chi connectivity index (χ3n) is 5.29. The highest BCUT2D eigenvalue weighted by atomic mass is 32.2. The molecule has 0 aliphatic rings. The number of carbonyl (C=O) groups is 3. The summed E-state index contributed by atoms with van der Waals surface area (Å²) in [6.07, 6.45) is 7.38. The van der Waals surface area contributed by atoms with Crippen LogP contribution in [0, 0.1) is 0 Å². The number of aromatic amines is 2. The third kappa shape index (κ3) is 6.59. The molecule has 2 aromatic heterocycles. The Morgan fingerprint density at radius 2 is 1.88 bits per heavy atom. The number of nitrogens with two attached hydrogens (primary N) is 1. The molecular weight excluding hydrogens is 444 g/mol. The summed E-state index contributed by atoms with van der Waals surface area (Å²) in [4.78, 5) is 47.5. The minimum Gasteiger partial charge on any atom is -0.480 e. The number of fused-ring (bicyclic) bond motifs is 1. The van der Waals surface area contributed by atoms with Crippen LogP contribution in [-0.2, 0) is 27.2 Å². The topological polar surface area (TPSA) is 166 Å². The smallest absolute Gasteiger partial charge is 0.326 e. The predicted molar refractivity (Wildman–Crippen MR) is 127 cm³/mol. The number of nitrogens with zero attached hydrogens (tertiary/aromatic N) is 1. The molecule has 0 bridgehead atoms. The van der Waals surface area contributed by atoms with Crippen LogP contribution in [0.2, 0.25) is 0 Å². The predicted octanol–water partition coefficient (Wildman–Crippen LogP) is 0.811. The molecule has 3 rings (SSSR count). The lowest BCUT2D eigenvalue weighted by atomic mass is 10.0. The van der Waals surface area contributed by atoms with Crippen LogP contribution < -0.4 is 16.4 Å². The minimum absolute atomic E-state index is 0.174. The number of nitrogens with one attached hydrogen (secondary N) is 4. The van der Waals surface area contributed by atoms with Crippen LogP contribution >= 0.6 is 11.8 Å². The Kier molecular flexibility index (Phi) is 8.50. The van der Waals surface area contributed by atoms with Crippen molar-refractivity contribution in [2.75, 3.05) is 12.0 Å². The zero-order chi connectivity index (χ0) is 23.8. The fraction of sp³-hybridized carbons (Fsp3) is 0.364. The van der Waals surface area contributed by atoms with Crippen LogP contribution in [0.25, 0.3) is 10.9 Å². The van der Waals surface area contributed by atoms with Crippen LogP contribution in [0.15, 0.2) is 43.0 Å². The largest absolute Gasteiger partial charge is 0.480 e. The van der Waals surface area contributed by atoms with Gasteiger partial charge in [0, 0.05) is 41.8 Å². The third-order valence-corrected chi connectivity index (χ3v) is 5.93. The molecule has 0 saturated carbocycles. The molecule has 0 saturated heterocycles. The van der Waals surface area contributed by atoms with Crippen LogP contribution in [0.3, 0.4) is 0 Å². The van der Waals surface area contributed by atoms with Crippen molar-refractivity contribution >= 4 is 40.4 Å². The molecule has 0 aliphatic carbocycles. The Balaban J connectivity index is 1.77. The van der Waals surface area contributed by atoms with Gasteiger partial charge < -0.3 is 31.4 Å². The molecular formula is C22H28N6O4S. The standard InChI is InChI=1S/C22H28N6O4S/c1-33-7-6-18(22(31)32)27-21(30)19(8-13-10-25-17-5-3-2-4-15(13)17)28-20(29)16(23)9-14-11-24-12-26-14/h2-5,10-12,16,18-19,25H,6-9,23H2,1H3,(H,24,26)(H,27,30)(H,28,29)(H,31,32). The monoisotopic (exact) mass is 472 g/mol. The molecule has 0 fully saturated rings. The molecule has 1 aromatic carbocycles. The van der Waals surface area contributed by atoms with E-state index in [0.29, 0.717) is 11.4 Å². The van der Waals surface area contributed by atoms with Gasteiger partial charge in [-0.2, -0.15) is 11.8 Å². The number of rotatable bonds is 12. The van der Waals surface area contributed by atoms with Gasteiger partial charge in [0.2, 0.25) is 11.8 Å². The highest BCUT2D eigenvalue weighted by molar-refractivity contribution is 7.98. The Labute approximate surface area is 195 Å². The first-order chi connectivity index (χ1) is 15.9. The van der Waals surface area contributed by atoms with Crippen LogP contribution in [0.4, 0.5) is 0 Å². The number of hydrogen-bond donors (Lipinski definition) is 6. The quantitative estimate of drug-likeness (QED) is 0.227. The zero-order valence-corrected chi connectivity index (χ0v) is 19.0. The van der Waals surface area contributed by atoms with Gasteiger partial charge in [0.15, 0.2) is 0 Å². The molecule has 11 heteroatoms. The van der Waals surface area contributed by atoms with Crippen LogP contribution in [-0.4, -0.2) is 68.0 Å². The van der Waals surface area contributed by atoms with E-state index >= 15 is 0 Å². The number of imidazole rings is 1. The molecule has 0 spiro atoms. The molecule has 10 nitrogen and oxygen atoms in total. The summed E-state index contributed by atoms with van der Waals surface area (Å²) in [5, 5.41) is 15.7. The first-order valence-electron chi connectivity index (χ1n) is 10.5. The number of thioether (sulfide) groups is 1. The highest BCUT2D eigenvalue weighted by Crippen LogP contribution is 2.19. The first kappa shape index (κ1) is 24.3. The van der Waals surface area contributed by atoms with E-state index in [0.717, 1.165) is 16.5 Å². The van der Waals surface area contributed by atoms with Gasteiger partial charge in [-0.1, -0.05) is 18.2 Å². The highest BCUT2D eigenvalue weighted by Gasteiger charge is 2.29. The molecule has 7 N–H and O–H groups in total. The average Bonchev–Trinajstić information content (AvgIpc) is 3.45. The fourth-order valence-electron chi connectivity index (χ4n) is 3.50. The van der Waals surface area contributed by atoms with Gasteiger partial charge in [0.25, 0.3) is 0 Å². The van der Waals surface area contributed by atoms with Crippen molar-refractivity contribution in [1.29, 1.82) is 0 Å². The Morgan fingerprint density at radius 1 is 1.12 bits per heavy atom. The number of carboxylic acid groups (broad SMARTS) is 1. The number of amides is 2. The Bertz CT molecular complexity index is 1080. The van der Waals surface area contributed by atoms with Crippen LogP contribution in [0.5, 0.6) is 0 Å². The van der Waals surface area contributed by atoms with Gasteiger partial charge >= 0.3 is 5.97 Å². The van der Waals surface area contributed by atoms with E-state index in [-0.39, 0.29) is 19.3 Å². The summed E-state index contributed by atoms with van der Waals surface area (Å²) in [6, 6.07) is 4.65. The lowest BCUT2D eigenvalue weighted by molar-refractivity contribution is -0.142. The second-order valence-corrected chi connectivity index (χ2v) is 8.68. The average molecular weight is 473 g/mol. The molecule has 176 valence electrons. The van der Waals surface area contributed by atoms with E-state index in [1.807, 2.05) is 30.5 Å². The minimum atomic E-state index is -1.12. The zero-order valence-electron chi connectivity index (χ0n) is 18.2. The number of carboxylic acids is 1. The summed E-state index contributed by atoms with van der Waals surface area (Å²) in [7, 11) is 0. The van der Waals surface area contributed by atoms with Crippen molar-refractivity contribution in [2.24, 2.45) is 5.73 Å². The van der Waals surface area contributed by atoms with E-state index in [2.05, 4.69) is 25.6 Å². The van der Waals surface area contributed by atoms with Gasteiger partial charge in [-0.3, -0.25) is 9.59 Å². The van der Waals surface area contributed by atoms with Crippen molar-refractivity contribution < 1.29 is 19.5 Å². The number of para-hydroxylation sites is 1. The maximum Gasteiger partial charge on any atom is 0.326 e. The number of hydrogen-bond acceptors (Lipinski definition) is 6. The summed E-state index contributed by atoms with van der Waals surface area (Å²) in [5.41, 5.74) is 8.46. The second kappa shape index (κ2) is 11.5. The van der Waals surface area contributed by atoms with Gasteiger partial charge in [-0.25, -0.2) is 9.78 Å². The number of aliphatic carboxylic acids is 1. The van der Waals surface area contributed by atoms with E-state index in [1.54, 1.807) is 12.4 Å². The van der Waals surface area contributed by atoms with Gasteiger partial charge in [0.1, 0.15) is 12.1 Å². The lowest BCUT2D eigenvalue weighted by Gasteiger charge is -2.23. The van der Waals surface area contributed by atoms with Crippen molar-refractivity contribution in [3.05, 3.63) is 54.2 Å². The normalized spacial score (nSPS) is 13.9. The van der Waals surface area contributed by atoms with Crippen molar-refractivity contribution in [1.82, 2.24) is 25.6 Å². The maximum absolute atomic E-state index is 13.1. The summed E-state index contributed by atoms with van der Waals surface area (Å²) >= 11 is 1.49. The Hall–Kier alpha value is -3.31. The molecule has 3 unspecified atom stereocenters. The number of benzene rings is 1. The molecule has 3 atom stereocenters. The number of H-pyrrole nitrogens is 2. The van der Waals surface area contributed by atoms with Gasteiger partial charge in [0.05, 0.1) is 12.4 Å². The lowest BCUT2D eigenvalue weighted by Crippen LogP contribution is -2.55. The molecule has 33 heavy (non-hydrogen) atoms. The van der Waals surface area contributed by atoms with E-state index in [1.165, 1.54) is 18.1 Å². The van der Waals surface area contributed by atoms with Crippen molar-refractivity contribution in [3.8, 4) is 0 Å². The molecule has 3 aromatic rings. The van der Waals surface area contributed by atoms with Crippen molar-refractivity contribution in [2.45, 2.75) is 37.4 Å². The van der Waals surface area contributed by atoms with Gasteiger partial charge in [-0.15, -0.1) is 0 Å². The van der Waals surface area contributed by atoms with Crippen molar-refractivity contribution in [3.63, 3.8) is 0 Å². The van der Waals surface area contributed by atoms with E-state index in [4.69, 9.17) is 5.73 Å². The second-order valence-electron chi connectivity index (χ2n) is 7.69. The molecule has 2 amide bonds. The van der Waals surface area contributed by atoms with Crippen LogP contribution in [0.1, 0.15) is 17.7 Å². The number of aromatic nitrogens is 3. The summed E-state index contributed by atoms with van der Waals surface area (Å²) in [6.45, 7) is 0. The summed E-state index contributed by atoms with van der Waals surface area (Å²) < 4.78 is 0. The van der Waals surface area contributed by atoms with E-state index in [9.17, 15) is 19.5 Å². The molecule has 2 heterocycles. The van der Waals surface area contributed by atoms with E-state index < -0.39 is 35.9 Å². The maximum atomic E-state index is 13.1. The molecule has 0 radical (unpaired) electrons. The number of carbonyl (C=O) groups excluding carboxylic acids is 2. The molecule has 0 aliphatic heterocycles. The van der Waals surface area contributed by atoms with Gasteiger partial charge in [-0.05, 0) is 30.1 Å².